The highest BCUT2D eigenvalue weighted by molar-refractivity contribution is 7.89. The highest BCUT2D eigenvalue weighted by Crippen LogP contribution is 2.40. The van der Waals surface area contributed by atoms with Crippen molar-refractivity contribution in [2.24, 2.45) is 11.8 Å². The van der Waals surface area contributed by atoms with Crippen molar-refractivity contribution >= 4 is 39.1 Å². The van der Waals surface area contributed by atoms with E-state index >= 15 is 0 Å². The number of nitrogens with zero attached hydrogens (tertiary/aromatic N) is 1. The first-order valence-electron chi connectivity index (χ1n) is 12.0. The van der Waals surface area contributed by atoms with Crippen LogP contribution in [0.4, 0.5) is 4.39 Å². The topological polar surface area (TPSA) is 66.5 Å². The number of alkyl halides is 3. The molecule has 0 radical (unpaired) electrons. The molecule has 1 amide bonds. The van der Waals surface area contributed by atoms with Crippen molar-refractivity contribution in [3.8, 4) is 0 Å². The molecule has 1 N–H and O–H groups in total. The number of hydrogen-bond acceptors (Lipinski definition) is 3. The monoisotopic (exact) mass is 496 g/mol. The number of hydrogen-bond donors (Lipinski definition) is 1. The fourth-order valence-electron chi connectivity index (χ4n) is 6.35. The zero-order chi connectivity index (χ0) is 22.2. The van der Waals surface area contributed by atoms with Crippen LogP contribution in [0.2, 0.25) is 0 Å². The lowest BCUT2D eigenvalue weighted by Crippen LogP contribution is -2.59. The molecule has 0 aromatic carbocycles. The fraction of sp³-hybridized carbons (Fsp3) is 0.955. The third-order valence-corrected chi connectivity index (χ3v) is 11.4. The first-order chi connectivity index (χ1) is 14.8. The van der Waals surface area contributed by atoms with Crippen molar-refractivity contribution in [1.29, 1.82) is 0 Å². The molecule has 0 bridgehead atoms. The van der Waals surface area contributed by atoms with Gasteiger partial charge in [0, 0.05) is 29.4 Å². The maximum absolute atomic E-state index is 13.6. The second-order valence-corrected chi connectivity index (χ2v) is 13.2. The summed E-state index contributed by atoms with van der Waals surface area (Å²) in [5.74, 6) is -0.353. The molecule has 5 unspecified atom stereocenters. The number of amides is 1. The summed E-state index contributed by atoms with van der Waals surface area (Å²) in [6, 6.07) is -0.119. The van der Waals surface area contributed by atoms with E-state index in [2.05, 4.69) is 5.32 Å². The Morgan fingerprint density at radius 1 is 0.871 bits per heavy atom. The molecular weight excluding hydrogens is 462 g/mol. The smallest absolute Gasteiger partial charge is 0.226 e. The lowest BCUT2D eigenvalue weighted by atomic mass is 9.75. The van der Waals surface area contributed by atoms with E-state index in [1.54, 1.807) is 4.31 Å². The van der Waals surface area contributed by atoms with Crippen molar-refractivity contribution in [1.82, 2.24) is 9.62 Å². The maximum atomic E-state index is 13.6. The zero-order valence-electron chi connectivity index (χ0n) is 18.0. The van der Waals surface area contributed by atoms with Gasteiger partial charge in [0.25, 0.3) is 0 Å². The van der Waals surface area contributed by atoms with Crippen LogP contribution >= 0.6 is 23.2 Å². The Hall–Kier alpha value is -0.110. The van der Waals surface area contributed by atoms with Gasteiger partial charge in [-0.15, -0.1) is 23.2 Å². The lowest BCUT2D eigenvalue weighted by molar-refractivity contribution is -0.127. The number of carbonyl (C=O) groups excluding carboxylic acids is 1. The minimum Gasteiger partial charge on any atom is -0.353 e. The second-order valence-electron chi connectivity index (χ2n) is 9.94. The molecule has 4 fully saturated rings. The molecule has 31 heavy (non-hydrogen) atoms. The number of fused-ring (bicyclic) bond motifs is 1. The van der Waals surface area contributed by atoms with Gasteiger partial charge in [-0.05, 0) is 76.5 Å². The highest BCUT2D eigenvalue weighted by Gasteiger charge is 2.47. The van der Waals surface area contributed by atoms with Gasteiger partial charge in [0.05, 0.1) is 11.2 Å². The molecule has 4 rings (SSSR count). The van der Waals surface area contributed by atoms with Gasteiger partial charge in [-0.2, -0.15) is 4.31 Å². The Kier molecular flexibility index (Phi) is 7.77. The summed E-state index contributed by atoms with van der Waals surface area (Å²) in [5.41, 5.74) is 0. The normalized spacial score (nSPS) is 42.5. The van der Waals surface area contributed by atoms with Gasteiger partial charge >= 0.3 is 0 Å². The van der Waals surface area contributed by atoms with E-state index in [0.717, 1.165) is 51.4 Å². The van der Waals surface area contributed by atoms with Gasteiger partial charge in [-0.3, -0.25) is 4.79 Å². The summed E-state index contributed by atoms with van der Waals surface area (Å²) in [6.45, 7) is 0.538. The quantitative estimate of drug-likeness (QED) is 0.587. The Balaban J connectivity index is 1.46. The molecule has 5 atom stereocenters. The summed E-state index contributed by atoms with van der Waals surface area (Å²) in [7, 11) is -3.46. The zero-order valence-corrected chi connectivity index (χ0v) is 20.4. The van der Waals surface area contributed by atoms with Gasteiger partial charge in [-0.1, -0.05) is 6.42 Å². The van der Waals surface area contributed by atoms with Crippen LogP contribution in [0.5, 0.6) is 0 Å². The molecule has 5 nitrogen and oxygen atoms in total. The average Bonchev–Trinajstić information content (AvgIpc) is 2.74. The van der Waals surface area contributed by atoms with E-state index in [0.29, 0.717) is 32.2 Å². The summed E-state index contributed by atoms with van der Waals surface area (Å²) in [6.07, 6.45) is 7.45. The predicted molar refractivity (Wildman–Crippen MR) is 122 cm³/mol. The molecule has 3 aliphatic carbocycles. The van der Waals surface area contributed by atoms with Crippen LogP contribution in [-0.4, -0.2) is 59.4 Å². The fourth-order valence-corrected chi connectivity index (χ4v) is 9.59. The highest BCUT2D eigenvalue weighted by atomic mass is 35.5. The minimum atomic E-state index is -3.46. The maximum Gasteiger partial charge on any atom is 0.226 e. The summed E-state index contributed by atoms with van der Waals surface area (Å²) in [5, 5.41) is 2.27. The first kappa shape index (κ1) is 24.0. The van der Waals surface area contributed by atoms with Crippen molar-refractivity contribution in [2.75, 3.05) is 6.54 Å². The Labute approximate surface area is 195 Å². The number of sulfonamides is 1. The summed E-state index contributed by atoms with van der Waals surface area (Å²) >= 11 is 12.9. The van der Waals surface area contributed by atoms with Gasteiger partial charge in [-0.25, -0.2) is 12.8 Å². The Bertz CT molecular complexity index is 737. The van der Waals surface area contributed by atoms with Crippen LogP contribution in [0.25, 0.3) is 0 Å². The van der Waals surface area contributed by atoms with Crippen molar-refractivity contribution < 1.29 is 17.6 Å². The summed E-state index contributed by atoms with van der Waals surface area (Å²) in [4.78, 5) is 13.1. The van der Waals surface area contributed by atoms with Crippen molar-refractivity contribution in [3.05, 3.63) is 0 Å². The average molecular weight is 498 g/mol. The molecule has 1 aliphatic heterocycles. The minimum absolute atomic E-state index is 0.0412. The van der Waals surface area contributed by atoms with E-state index in [9.17, 15) is 17.6 Å². The molecule has 0 spiro atoms. The van der Waals surface area contributed by atoms with Gasteiger partial charge < -0.3 is 5.32 Å². The van der Waals surface area contributed by atoms with E-state index in [1.165, 1.54) is 0 Å². The molecule has 0 aromatic rings. The van der Waals surface area contributed by atoms with Crippen LogP contribution in [0.1, 0.15) is 77.0 Å². The third-order valence-electron chi connectivity index (χ3n) is 8.03. The van der Waals surface area contributed by atoms with E-state index in [4.69, 9.17) is 23.2 Å². The third kappa shape index (κ3) is 5.04. The molecule has 1 heterocycles. The molecule has 9 heteroatoms. The van der Waals surface area contributed by atoms with Gasteiger partial charge in [0.2, 0.25) is 15.9 Å². The number of halogens is 3. The predicted octanol–water partition coefficient (Wildman–Crippen LogP) is 4.36. The van der Waals surface area contributed by atoms with Crippen LogP contribution in [-0.2, 0) is 14.8 Å². The summed E-state index contributed by atoms with van der Waals surface area (Å²) < 4.78 is 42.2. The van der Waals surface area contributed by atoms with E-state index in [-0.39, 0.29) is 34.7 Å². The van der Waals surface area contributed by atoms with Crippen LogP contribution in [0.3, 0.4) is 0 Å². The molecule has 1 saturated heterocycles. The molecule has 3 saturated carbocycles. The van der Waals surface area contributed by atoms with Crippen LogP contribution < -0.4 is 5.32 Å². The molecule has 178 valence electrons. The Morgan fingerprint density at radius 2 is 1.52 bits per heavy atom. The largest absolute Gasteiger partial charge is 0.353 e. The number of rotatable bonds is 4. The first-order valence-corrected chi connectivity index (χ1v) is 14.4. The standard InChI is InChI=1S/C22H35Cl2FN2O3S/c23-17-5-1-6-18(24)21(17)22(28)26-19-7-2-8-20-16(19)4-3-13-27(20)31(29,30)15-11-9-14(25)10-12-15/h14-21H,1-13H2,(H,26,28). The van der Waals surface area contributed by atoms with Gasteiger partial charge in [0.1, 0.15) is 6.17 Å². The van der Waals surface area contributed by atoms with Crippen molar-refractivity contribution in [3.63, 3.8) is 0 Å². The molecule has 0 aromatic heterocycles. The number of piperidine rings is 1. The van der Waals surface area contributed by atoms with Crippen LogP contribution in [0.15, 0.2) is 0 Å². The van der Waals surface area contributed by atoms with Crippen molar-refractivity contribution in [2.45, 2.75) is 111 Å². The molecular formula is C22H35Cl2FN2O3S. The lowest BCUT2D eigenvalue weighted by Gasteiger charge is -2.48. The van der Waals surface area contributed by atoms with E-state index < -0.39 is 27.4 Å². The second kappa shape index (κ2) is 10.0. The number of nitrogens with one attached hydrogen (secondary N) is 1. The SMILES string of the molecule is O=C(NC1CCCC2C1CCCN2S(=O)(=O)C1CCC(F)CC1)C1C(Cl)CCCC1Cl. The number of carbonyl (C=O) groups is 1. The van der Waals surface area contributed by atoms with Gasteiger partial charge in [0.15, 0.2) is 0 Å². The molecule has 4 aliphatic rings. The van der Waals surface area contributed by atoms with E-state index in [1.807, 2.05) is 0 Å². The Morgan fingerprint density at radius 3 is 2.19 bits per heavy atom. The van der Waals surface area contributed by atoms with Crippen LogP contribution in [0, 0.1) is 11.8 Å².